The molecule has 0 radical (unpaired) electrons. The standard InChI is InChI=1S/C17H19ClN2O2S.ClH/c1-12-9-14(18)7-8-17(12)23(21,22)20-10-15(16(19)11-20)13-5-3-2-4-6-13;/h2-9,15-16H,10-11,19H2,1H3;1H/t15-,16+;/m0./s1. The molecule has 2 atom stereocenters. The lowest BCUT2D eigenvalue weighted by molar-refractivity contribution is 0.469. The van der Waals surface area contributed by atoms with Crippen LogP contribution in [0.2, 0.25) is 5.02 Å². The summed E-state index contributed by atoms with van der Waals surface area (Å²) < 4.78 is 27.3. The molecule has 1 saturated heterocycles. The average Bonchev–Trinajstić information content (AvgIpc) is 2.90. The van der Waals surface area contributed by atoms with E-state index in [0.717, 1.165) is 5.56 Å². The number of aryl methyl sites for hydroxylation is 1. The Labute approximate surface area is 154 Å². The Hall–Kier alpha value is -1.11. The molecule has 2 N–H and O–H groups in total. The Kier molecular flexibility index (Phi) is 5.94. The highest BCUT2D eigenvalue weighted by Crippen LogP contribution is 2.31. The third kappa shape index (κ3) is 3.60. The smallest absolute Gasteiger partial charge is 0.243 e. The van der Waals surface area contributed by atoms with Crippen molar-refractivity contribution in [2.75, 3.05) is 13.1 Å². The highest BCUT2D eigenvalue weighted by atomic mass is 35.5. The van der Waals surface area contributed by atoms with Crippen molar-refractivity contribution in [1.82, 2.24) is 4.31 Å². The molecule has 2 aromatic carbocycles. The quantitative estimate of drug-likeness (QED) is 0.880. The highest BCUT2D eigenvalue weighted by molar-refractivity contribution is 7.89. The fourth-order valence-electron chi connectivity index (χ4n) is 3.08. The fraction of sp³-hybridized carbons (Fsp3) is 0.294. The van der Waals surface area contributed by atoms with Gasteiger partial charge in [-0.05, 0) is 36.2 Å². The second-order valence-corrected chi connectivity index (χ2v) is 8.26. The molecular formula is C17H20Cl2N2O2S. The van der Waals surface area contributed by atoms with Crippen LogP contribution in [0.15, 0.2) is 53.4 Å². The number of hydrogen-bond acceptors (Lipinski definition) is 3. The molecule has 3 rings (SSSR count). The van der Waals surface area contributed by atoms with Gasteiger partial charge in [0.2, 0.25) is 10.0 Å². The van der Waals surface area contributed by atoms with Crippen LogP contribution in [0.4, 0.5) is 0 Å². The summed E-state index contributed by atoms with van der Waals surface area (Å²) in [5.74, 6) is 0.0126. The van der Waals surface area contributed by atoms with Crippen molar-refractivity contribution in [2.45, 2.75) is 23.8 Å². The monoisotopic (exact) mass is 386 g/mol. The normalized spacial score (nSPS) is 21.5. The average molecular weight is 387 g/mol. The van der Waals surface area contributed by atoms with Crippen LogP contribution in [-0.2, 0) is 10.0 Å². The molecule has 2 aromatic rings. The first-order valence-electron chi connectivity index (χ1n) is 7.46. The molecule has 0 spiro atoms. The molecular weight excluding hydrogens is 367 g/mol. The predicted octanol–water partition coefficient (Wildman–Crippen LogP) is 3.19. The SMILES string of the molecule is Cc1cc(Cl)ccc1S(=O)(=O)N1C[C@@H](N)[C@H](c2ccccc2)C1.Cl. The van der Waals surface area contributed by atoms with Crippen LogP contribution in [-0.4, -0.2) is 31.9 Å². The van der Waals surface area contributed by atoms with Crippen molar-refractivity contribution in [3.05, 3.63) is 64.7 Å². The number of hydrogen-bond donors (Lipinski definition) is 1. The van der Waals surface area contributed by atoms with Crippen LogP contribution in [0.3, 0.4) is 0 Å². The third-order valence-electron chi connectivity index (χ3n) is 4.31. The van der Waals surface area contributed by atoms with E-state index in [1.165, 1.54) is 4.31 Å². The summed E-state index contributed by atoms with van der Waals surface area (Å²) in [6.45, 7) is 2.48. The van der Waals surface area contributed by atoms with Gasteiger partial charge >= 0.3 is 0 Å². The summed E-state index contributed by atoms with van der Waals surface area (Å²) in [6, 6.07) is 14.4. The van der Waals surface area contributed by atoms with Gasteiger partial charge in [-0.25, -0.2) is 8.42 Å². The zero-order chi connectivity index (χ0) is 16.6. The van der Waals surface area contributed by atoms with E-state index in [-0.39, 0.29) is 24.4 Å². The Morgan fingerprint density at radius 3 is 2.42 bits per heavy atom. The summed E-state index contributed by atoms with van der Waals surface area (Å²) in [5.41, 5.74) is 7.93. The molecule has 0 amide bonds. The summed E-state index contributed by atoms with van der Waals surface area (Å²) >= 11 is 5.92. The van der Waals surface area contributed by atoms with Crippen molar-refractivity contribution in [3.8, 4) is 0 Å². The molecule has 4 nitrogen and oxygen atoms in total. The van der Waals surface area contributed by atoms with E-state index < -0.39 is 10.0 Å². The first-order valence-corrected chi connectivity index (χ1v) is 9.28. The Morgan fingerprint density at radius 1 is 1.12 bits per heavy atom. The molecule has 1 heterocycles. The summed E-state index contributed by atoms with van der Waals surface area (Å²) in [6.07, 6.45) is 0. The van der Waals surface area contributed by atoms with E-state index in [9.17, 15) is 8.42 Å². The molecule has 1 aliphatic heterocycles. The van der Waals surface area contributed by atoms with E-state index in [2.05, 4.69) is 0 Å². The Morgan fingerprint density at radius 2 is 1.79 bits per heavy atom. The van der Waals surface area contributed by atoms with Gasteiger partial charge in [-0.15, -0.1) is 12.4 Å². The largest absolute Gasteiger partial charge is 0.326 e. The first kappa shape index (κ1) is 19.2. The molecule has 0 unspecified atom stereocenters. The number of rotatable bonds is 3. The van der Waals surface area contributed by atoms with Gasteiger partial charge in [0.1, 0.15) is 0 Å². The van der Waals surface area contributed by atoms with Crippen LogP contribution < -0.4 is 5.73 Å². The van der Waals surface area contributed by atoms with Crippen LogP contribution in [0.25, 0.3) is 0 Å². The van der Waals surface area contributed by atoms with Gasteiger partial charge in [-0.2, -0.15) is 4.31 Å². The minimum Gasteiger partial charge on any atom is -0.326 e. The van der Waals surface area contributed by atoms with Crippen molar-refractivity contribution in [3.63, 3.8) is 0 Å². The van der Waals surface area contributed by atoms with Crippen LogP contribution in [0, 0.1) is 6.92 Å². The Balaban J connectivity index is 0.00000208. The lowest BCUT2D eigenvalue weighted by atomic mass is 9.95. The minimum atomic E-state index is -3.57. The maximum atomic E-state index is 12.9. The second kappa shape index (κ2) is 7.42. The lowest BCUT2D eigenvalue weighted by Crippen LogP contribution is -2.32. The van der Waals surface area contributed by atoms with E-state index in [1.54, 1.807) is 25.1 Å². The van der Waals surface area contributed by atoms with Gasteiger partial charge in [-0.3, -0.25) is 0 Å². The number of sulfonamides is 1. The van der Waals surface area contributed by atoms with Crippen LogP contribution in [0.5, 0.6) is 0 Å². The predicted molar refractivity (Wildman–Crippen MR) is 99.4 cm³/mol. The molecule has 130 valence electrons. The van der Waals surface area contributed by atoms with Gasteiger partial charge in [0, 0.05) is 30.1 Å². The fourth-order valence-corrected chi connectivity index (χ4v) is 5.02. The maximum Gasteiger partial charge on any atom is 0.243 e. The van der Waals surface area contributed by atoms with Gasteiger partial charge in [0.25, 0.3) is 0 Å². The number of nitrogens with zero attached hydrogens (tertiary/aromatic N) is 1. The Bertz CT molecular complexity index is 813. The summed E-state index contributed by atoms with van der Waals surface area (Å²) in [4.78, 5) is 0.294. The van der Waals surface area contributed by atoms with Gasteiger partial charge in [-0.1, -0.05) is 41.9 Å². The van der Waals surface area contributed by atoms with Crippen LogP contribution in [0.1, 0.15) is 17.0 Å². The van der Waals surface area contributed by atoms with Crippen molar-refractivity contribution >= 4 is 34.0 Å². The van der Waals surface area contributed by atoms with Crippen molar-refractivity contribution in [2.24, 2.45) is 5.73 Å². The maximum absolute atomic E-state index is 12.9. The first-order chi connectivity index (χ1) is 10.9. The molecule has 0 bridgehead atoms. The lowest BCUT2D eigenvalue weighted by Gasteiger charge is -2.18. The van der Waals surface area contributed by atoms with E-state index >= 15 is 0 Å². The van der Waals surface area contributed by atoms with E-state index in [0.29, 0.717) is 28.6 Å². The summed E-state index contributed by atoms with van der Waals surface area (Å²) in [7, 11) is -3.57. The second-order valence-electron chi connectivity index (χ2n) is 5.91. The van der Waals surface area contributed by atoms with Crippen molar-refractivity contribution in [1.29, 1.82) is 0 Å². The zero-order valence-electron chi connectivity index (χ0n) is 13.2. The molecule has 0 aromatic heterocycles. The molecule has 24 heavy (non-hydrogen) atoms. The molecule has 0 saturated carbocycles. The zero-order valence-corrected chi connectivity index (χ0v) is 15.6. The number of nitrogens with two attached hydrogens (primary N) is 1. The minimum absolute atomic E-state index is 0. The summed E-state index contributed by atoms with van der Waals surface area (Å²) in [5, 5.41) is 0.529. The van der Waals surface area contributed by atoms with Gasteiger partial charge < -0.3 is 5.73 Å². The molecule has 0 aliphatic carbocycles. The van der Waals surface area contributed by atoms with Crippen molar-refractivity contribution < 1.29 is 8.42 Å². The number of halogens is 2. The van der Waals surface area contributed by atoms with Gasteiger partial charge in [0.05, 0.1) is 4.90 Å². The van der Waals surface area contributed by atoms with E-state index in [4.69, 9.17) is 17.3 Å². The topological polar surface area (TPSA) is 63.4 Å². The number of benzene rings is 2. The van der Waals surface area contributed by atoms with Crippen LogP contribution >= 0.6 is 24.0 Å². The highest BCUT2D eigenvalue weighted by Gasteiger charge is 2.38. The molecule has 1 aliphatic rings. The van der Waals surface area contributed by atoms with Gasteiger partial charge in [0.15, 0.2) is 0 Å². The molecule has 7 heteroatoms. The third-order valence-corrected chi connectivity index (χ3v) is 6.54. The van der Waals surface area contributed by atoms with E-state index in [1.807, 2.05) is 30.3 Å². The molecule has 1 fully saturated rings.